The topological polar surface area (TPSA) is 138 Å². The summed E-state index contributed by atoms with van der Waals surface area (Å²) in [6.07, 6.45) is 6.24. The highest BCUT2D eigenvalue weighted by atomic mass is 16.4. The first-order valence-electron chi connectivity index (χ1n) is 12.4. The van der Waals surface area contributed by atoms with Crippen molar-refractivity contribution >= 4 is 17.5 Å². The lowest BCUT2D eigenvalue weighted by Crippen LogP contribution is -2.30. The number of benzene rings is 1. The van der Waals surface area contributed by atoms with E-state index in [2.05, 4.69) is 67.0 Å². The second-order valence-electron chi connectivity index (χ2n) is 10.2. The summed E-state index contributed by atoms with van der Waals surface area (Å²) >= 11 is 0. The summed E-state index contributed by atoms with van der Waals surface area (Å²) in [4.78, 5) is 24.3. The van der Waals surface area contributed by atoms with Gasteiger partial charge in [0.15, 0.2) is 0 Å². The first-order valence-corrected chi connectivity index (χ1v) is 12.4. The molecule has 1 aliphatic heterocycles. The standard InChI is InChI=1S/C26H29N9O2/c1-15-21(13-28-32-15)31-25-27-10-6-19(30-25)16-4-5-18-17(12-16)14-35(3)11-7-20(18)29-22(36)23-33-34-24(37-23)26(2)8-9-26/h4-6,10,12-13,20H,7-9,11,14H2,1-3H3,(H,28,32)(H,29,36)(H,27,30,31)/t20-/m1/s1. The molecule has 1 fully saturated rings. The molecule has 4 heterocycles. The molecule has 1 saturated carbocycles. The number of aryl methyl sites for hydroxylation is 1. The Bertz CT molecular complexity index is 1460. The van der Waals surface area contributed by atoms with Gasteiger partial charge in [-0.05, 0) is 56.5 Å². The highest BCUT2D eigenvalue weighted by Crippen LogP contribution is 2.46. The molecular weight excluding hydrogens is 470 g/mol. The number of fused-ring (bicyclic) bond motifs is 1. The quantitative estimate of drug-likeness (QED) is 0.363. The highest BCUT2D eigenvalue weighted by molar-refractivity contribution is 5.89. The Kier molecular flexibility index (Phi) is 5.71. The van der Waals surface area contributed by atoms with Crippen molar-refractivity contribution in [3.8, 4) is 11.3 Å². The van der Waals surface area contributed by atoms with Gasteiger partial charge < -0.3 is 20.0 Å². The predicted octanol–water partition coefficient (Wildman–Crippen LogP) is 3.66. The molecule has 1 aromatic carbocycles. The Hall–Kier alpha value is -4.12. The van der Waals surface area contributed by atoms with E-state index in [1.807, 2.05) is 19.1 Å². The van der Waals surface area contributed by atoms with Crippen molar-refractivity contribution in [3.63, 3.8) is 0 Å². The van der Waals surface area contributed by atoms with Gasteiger partial charge in [0.05, 0.1) is 29.3 Å². The molecule has 1 amide bonds. The minimum atomic E-state index is -0.339. The zero-order chi connectivity index (χ0) is 25.6. The number of hydrogen-bond acceptors (Lipinski definition) is 9. The molecule has 37 heavy (non-hydrogen) atoms. The molecule has 0 radical (unpaired) electrons. The monoisotopic (exact) mass is 499 g/mol. The summed E-state index contributed by atoms with van der Waals surface area (Å²) < 4.78 is 5.72. The smallest absolute Gasteiger partial charge is 0.309 e. The van der Waals surface area contributed by atoms with E-state index < -0.39 is 0 Å². The molecule has 0 unspecified atom stereocenters. The van der Waals surface area contributed by atoms with E-state index in [4.69, 9.17) is 9.40 Å². The summed E-state index contributed by atoms with van der Waals surface area (Å²) in [6.45, 7) is 5.62. The Balaban J connectivity index is 1.24. The summed E-state index contributed by atoms with van der Waals surface area (Å²) in [5.41, 5.74) is 5.67. The minimum absolute atomic E-state index is 0.0211. The lowest BCUT2D eigenvalue weighted by molar-refractivity contribution is 0.0895. The Morgan fingerprint density at radius 2 is 2.11 bits per heavy atom. The molecule has 1 aliphatic carbocycles. The van der Waals surface area contributed by atoms with Crippen LogP contribution in [0.1, 0.15) is 65.6 Å². The van der Waals surface area contributed by atoms with Crippen LogP contribution >= 0.6 is 0 Å². The third kappa shape index (κ3) is 4.69. The number of aromatic nitrogens is 6. The summed E-state index contributed by atoms with van der Waals surface area (Å²) in [7, 11) is 2.08. The fourth-order valence-electron chi connectivity index (χ4n) is 4.62. The van der Waals surface area contributed by atoms with Gasteiger partial charge in [0, 0.05) is 30.3 Å². The lowest BCUT2D eigenvalue weighted by atomic mass is 9.96. The van der Waals surface area contributed by atoms with Crippen LogP contribution in [-0.4, -0.2) is 54.8 Å². The van der Waals surface area contributed by atoms with E-state index in [-0.39, 0.29) is 23.3 Å². The number of nitrogens with one attached hydrogen (secondary N) is 3. The van der Waals surface area contributed by atoms with Crippen LogP contribution in [0.4, 0.5) is 11.6 Å². The van der Waals surface area contributed by atoms with Gasteiger partial charge in [-0.1, -0.05) is 19.1 Å². The molecular formula is C26H29N9O2. The van der Waals surface area contributed by atoms with Crippen molar-refractivity contribution in [3.05, 3.63) is 65.3 Å². The Labute approximate surface area is 214 Å². The van der Waals surface area contributed by atoms with E-state index in [1.54, 1.807) is 12.4 Å². The Morgan fingerprint density at radius 3 is 2.89 bits per heavy atom. The van der Waals surface area contributed by atoms with Gasteiger partial charge in [-0.2, -0.15) is 5.10 Å². The minimum Gasteiger partial charge on any atom is -0.416 e. The molecule has 6 rings (SSSR count). The van der Waals surface area contributed by atoms with Gasteiger partial charge in [0.1, 0.15) is 0 Å². The maximum atomic E-state index is 13.0. The second kappa shape index (κ2) is 9.07. The number of rotatable bonds is 6. The largest absolute Gasteiger partial charge is 0.416 e. The first-order chi connectivity index (χ1) is 17.9. The number of nitrogens with zero attached hydrogens (tertiary/aromatic N) is 6. The molecule has 2 aliphatic rings. The van der Waals surface area contributed by atoms with E-state index in [1.165, 1.54) is 0 Å². The number of anilines is 2. The molecule has 4 aromatic rings. The van der Waals surface area contributed by atoms with Gasteiger partial charge in [-0.15, -0.1) is 10.2 Å². The summed E-state index contributed by atoms with van der Waals surface area (Å²) in [5.74, 6) is 0.726. The molecule has 0 spiro atoms. The molecule has 3 aromatic heterocycles. The normalized spacial score (nSPS) is 18.6. The maximum absolute atomic E-state index is 13.0. The van der Waals surface area contributed by atoms with E-state index in [0.29, 0.717) is 11.8 Å². The third-order valence-corrected chi connectivity index (χ3v) is 7.23. The molecule has 11 nitrogen and oxygen atoms in total. The fraction of sp³-hybridized carbons (Fsp3) is 0.385. The van der Waals surface area contributed by atoms with Crippen LogP contribution < -0.4 is 10.6 Å². The zero-order valence-corrected chi connectivity index (χ0v) is 21.1. The van der Waals surface area contributed by atoms with Crippen LogP contribution in [0.3, 0.4) is 0 Å². The highest BCUT2D eigenvalue weighted by Gasteiger charge is 2.44. The number of carbonyl (C=O) groups is 1. The number of carbonyl (C=O) groups excluding carboxylic acids is 1. The molecule has 0 bridgehead atoms. The van der Waals surface area contributed by atoms with Crippen molar-refractivity contribution in [1.29, 1.82) is 0 Å². The van der Waals surface area contributed by atoms with Gasteiger partial charge >= 0.3 is 11.8 Å². The SMILES string of the molecule is Cc1[nH]ncc1Nc1nccc(-c2ccc3c(c2)CN(C)CC[C@H]3NC(=O)c2nnc(C3(C)CC3)o2)n1. The molecule has 0 saturated heterocycles. The zero-order valence-electron chi connectivity index (χ0n) is 21.1. The van der Waals surface area contributed by atoms with Crippen LogP contribution in [0.2, 0.25) is 0 Å². The fourth-order valence-corrected chi connectivity index (χ4v) is 4.62. The van der Waals surface area contributed by atoms with Crippen LogP contribution in [0, 0.1) is 6.92 Å². The van der Waals surface area contributed by atoms with Crippen molar-refractivity contribution in [2.45, 2.75) is 51.1 Å². The second-order valence-corrected chi connectivity index (χ2v) is 10.2. The van der Waals surface area contributed by atoms with E-state index in [9.17, 15) is 4.79 Å². The van der Waals surface area contributed by atoms with E-state index in [0.717, 1.165) is 66.1 Å². The lowest BCUT2D eigenvalue weighted by Gasteiger charge is -2.19. The summed E-state index contributed by atoms with van der Waals surface area (Å²) in [5, 5.41) is 21.4. The van der Waals surface area contributed by atoms with Crippen molar-refractivity contribution in [2.24, 2.45) is 0 Å². The average Bonchev–Trinajstić information content (AvgIpc) is 3.29. The molecule has 3 N–H and O–H groups in total. The maximum Gasteiger partial charge on any atom is 0.309 e. The van der Waals surface area contributed by atoms with Gasteiger partial charge in [-0.25, -0.2) is 9.97 Å². The third-order valence-electron chi connectivity index (χ3n) is 7.23. The van der Waals surface area contributed by atoms with Gasteiger partial charge in [0.25, 0.3) is 0 Å². The summed E-state index contributed by atoms with van der Waals surface area (Å²) in [6, 6.07) is 7.98. The van der Waals surface area contributed by atoms with Gasteiger partial charge in [0.2, 0.25) is 11.8 Å². The predicted molar refractivity (Wildman–Crippen MR) is 136 cm³/mol. The molecule has 1 atom stereocenters. The molecule has 190 valence electrons. The number of hydrogen-bond donors (Lipinski definition) is 3. The number of H-pyrrole nitrogens is 1. The number of aromatic amines is 1. The van der Waals surface area contributed by atoms with E-state index >= 15 is 0 Å². The van der Waals surface area contributed by atoms with Crippen LogP contribution in [0.5, 0.6) is 0 Å². The number of amides is 1. The average molecular weight is 500 g/mol. The van der Waals surface area contributed by atoms with Crippen molar-refractivity contribution < 1.29 is 9.21 Å². The van der Waals surface area contributed by atoms with Crippen LogP contribution in [0.25, 0.3) is 11.3 Å². The first kappa shape index (κ1) is 23.3. The Morgan fingerprint density at radius 1 is 1.24 bits per heavy atom. The van der Waals surface area contributed by atoms with Crippen LogP contribution in [0.15, 0.2) is 41.1 Å². The molecule has 11 heteroatoms. The van der Waals surface area contributed by atoms with Crippen LogP contribution in [-0.2, 0) is 12.0 Å². The van der Waals surface area contributed by atoms with Crippen molar-refractivity contribution in [1.82, 2.24) is 40.6 Å². The van der Waals surface area contributed by atoms with Crippen molar-refractivity contribution in [2.75, 3.05) is 18.9 Å². The van der Waals surface area contributed by atoms with Gasteiger partial charge in [-0.3, -0.25) is 9.89 Å².